The van der Waals surface area contributed by atoms with Crippen molar-refractivity contribution >= 4 is 77.2 Å². The van der Waals surface area contributed by atoms with Gasteiger partial charge in [0, 0.05) is 22.2 Å². The van der Waals surface area contributed by atoms with Crippen LogP contribution < -0.4 is 9.80 Å². The maximum atomic E-state index is 2.57. The van der Waals surface area contributed by atoms with Gasteiger partial charge < -0.3 is 9.80 Å². The molecule has 2 nitrogen and oxygen atoms in total. The summed E-state index contributed by atoms with van der Waals surface area (Å²) in [5.74, 6) is 0. The highest BCUT2D eigenvalue weighted by Crippen LogP contribution is 2.58. The summed E-state index contributed by atoms with van der Waals surface area (Å²) in [6, 6.07) is 75.9. The van der Waals surface area contributed by atoms with Crippen LogP contribution in [0, 0.1) is 0 Å². The molecule has 0 spiro atoms. The summed E-state index contributed by atoms with van der Waals surface area (Å²) in [5.41, 5.74) is 11.7. The first-order valence-electron chi connectivity index (χ1n) is 19.9. The van der Waals surface area contributed by atoms with Crippen LogP contribution in [0.3, 0.4) is 0 Å². The fourth-order valence-corrected chi connectivity index (χ4v) is 9.57. The van der Waals surface area contributed by atoms with E-state index in [4.69, 9.17) is 0 Å². The number of benzene rings is 10. The Kier molecular flexibility index (Phi) is 7.55. The van der Waals surface area contributed by atoms with E-state index in [0.29, 0.717) is 0 Å². The van der Waals surface area contributed by atoms with Gasteiger partial charge in [-0.15, -0.1) is 0 Å². The summed E-state index contributed by atoms with van der Waals surface area (Å²) in [6.45, 7) is 4.81. The van der Waals surface area contributed by atoms with Gasteiger partial charge in [-0.3, -0.25) is 0 Å². The molecule has 0 fully saturated rings. The molecule has 2 heteroatoms. The number of anilines is 6. The molecule has 1 heterocycles. The number of nitrogens with zero attached hydrogens (tertiary/aromatic N) is 2. The Morgan fingerprint density at radius 3 is 1.82 bits per heavy atom. The SMILES string of the molecule is CC1(C)c2ccccc2N(c2c(N(c3ccccc3)c3ccc4ccccc4c3)ccc3ccccc23)c2cccc(-c3cc4ccccc4c4ccccc34)c21. The zero-order valence-electron chi connectivity index (χ0n) is 32.0. The molecule has 0 aliphatic carbocycles. The number of hydrogen-bond donors (Lipinski definition) is 0. The van der Waals surface area contributed by atoms with Gasteiger partial charge in [-0.2, -0.15) is 0 Å². The second kappa shape index (κ2) is 13.0. The van der Waals surface area contributed by atoms with Gasteiger partial charge in [-0.25, -0.2) is 0 Å². The number of para-hydroxylation sites is 2. The first-order valence-corrected chi connectivity index (χ1v) is 19.9. The van der Waals surface area contributed by atoms with Gasteiger partial charge in [0.2, 0.25) is 0 Å². The monoisotopic (exact) mass is 728 g/mol. The van der Waals surface area contributed by atoms with Gasteiger partial charge in [-0.05, 0) is 108 Å². The molecule has 10 aromatic rings. The van der Waals surface area contributed by atoms with Gasteiger partial charge >= 0.3 is 0 Å². The Bertz CT molecular complexity index is 3180. The minimum atomic E-state index is -0.312. The van der Waals surface area contributed by atoms with Gasteiger partial charge in [-0.1, -0.05) is 172 Å². The van der Waals surface area contributed by atoms with E-state index in [-0.39, 0.29) is 5.41 Å². The van der Waals surface area contributed by atoms with Crippen LogP contribution in [0.2, 0.25) is 0 Å². The highest BCUT2D eigenvalue weighted by atomic mass is 15.2. The predicted molar refractivity (Wildman–Crippen MR) is 243 cm³/mol. The highest BCUT2D eigenvalue weighted by Gasteiger charge is 2.40. The molecule has 57 heavy (non-hydrogen) atoms. The molecular formula is C55H40N2. The van der Waals surface area contributed by atoms with Crippen LogP contribution in [0.25, 0.3) is 54.2 Å². The second-order valence-electron chi connectivity index (χ2n) is 15.7. The van der Waals surface area contributed by atoms with Crippen molar-refractivity contribution in [1.82, 2.24) is 0 Å². The molecule has 0 bridgehead atoms. The highest BCUT2D eigenvalue weighted by molar-refractivity contribution is 6.15. The molecule has 0 N–H and O–H groups in total. The third kappa shape index (κ3) is 5.18. The van der Waals surface area contributed by atoms with Crippen molar-refractivity contribution in [2.45, 2.75) is 19.3 Å². The average molecular weight is 729 g/mol. The lowest BCUT2D eigenvalue weighted by atomic mass is 9.70. The Morgan fingerprint density at radius 2 is 1.00 bits per heavy atom. The summed E-state index contributed by atoms with van der Waals surface area (Å²) in [5, 5.41) is 9.90. The zero-order valence-corrected chi connectivity index (χ0v) is 32.0. The lowest BCUT2D eigenvalue weighted by molar-refractivity contribution is 0.634. The molecule has 1 aliphatic heterocycles. The number of fused-ring (bicyclic) bond motifs is 7. The maximum Gasteiger partial charge on any atom is 0.0781 e. The van der Waals surface area contributed by atoms with E-state index in [2.05, 4.69) is 230 Å². The Labute approximate surface area is 333 Å². The van der Waals surface area contributed by atoms with Gasteiger partial charge in [0.1, 0.15) is 0 Å². The van der Waals surface area contributed by atoms with Gasteiger partial charge in [0.25, 0.3) is 0 Å². The molecule has 1 aliphatic rings. The number of hydrogen-bond acceptors (Lipinski definition) is 2. The third-order valence-electron chi connectivity index (χ3n) is 12.1. The Hall–Kier alpha value is -7.16. The lowest BCUT2D eigenvalue weighted by Gasteiger charge is -2.44. The molecule has 0 aromatic heterocycles. The maximum absolute atomic E-state index is 2.57. The second-order valence-corrected chi connectivity index (χ2v) is 15.7. The largest absolute Gasteiger partial charge is 0.308 e. The van der Waals surface area contributed by atoms with E-state index in [9.17, 15) is 0 Å². The normalized spacial score (nSPS) is 13.2. The topological polar surface area (TPSA) is 6.48 Å². The van der Waals surface area contributed by atoms with Crippen molar-refractivity contribution < 1.29 is 0 Å². The van der Waals surface area contributed by atoms with Crippen LogP contribution in [0.15, 0.2) is 206 Å². The third-order valence-corrected chi connectivity index (χ3v) is 12.1. The molecule has 0 saturated heterocycles. The predicted octanol–water partition coefficient (Wildman–Crippen LogP) is 15.5. The minimum Gasteiger partial charge on any atom is -0.308 e. The summed E-state index contributed by atoms with van der Waals surface area (Å²) in [7, 11) is 0. The summed E-state index contributed by atoms with van der Waals surface area (Å²) < 4.78 is 0. The van der Waals surface area contributed by atoms with E-state index in [0.717, 1.165) is 22.7 Å². The molecule has 11 rings (SSSR count). The molecule has 0 radical (unpaired) electrons. The number of rotatable bonds is 5. The Balaban J connectivity index is 1.25. The minimum absolute atomic E-state index is 0.312. The summed E-state index contributed by atoms with van der Waals surface area (Å²) >= 11 is 0. The van der Waals surface area contributed by atoms with Crippen molar-refractivity contribution in [2.24, 2.45) is 0 Å². The first-order chi connectivity index (χ1) is 28.1. The van der Waals surface area contributed by atoms with E-state index >= 15 is 0 Å². The molecule has 0 unspecified atom stereocenters. The average Bonchev–Trinajstić information content (AvgIpc) is 3.27. The quantitative estimate of drug-likeness (QED) is 0.163. The van der Waals surface area contributed by atoms with Crippen LogP contribution in [-0.2, 0) is 5.41 Å². The van der Waals surface area contributed by atoms with E-state index in [1.54, 1.807) is 0 Å². The molecule has 270 valence electrons. The van der Waals surface area contributed by atoms with Crippen molar-refractivity contribution in [3.05, 3.63) is 217 Å². The molecule has 0 amide bonds. The van der Waals surface area contributed by atoms with E-state index < -0.39 is 0 Å². The molecule has 0 saturated carbocycles. The fraction of sp³-hybridized carbons (Fsp3) is 0.0545. The lowest BCUT2D eigenvalue weighted by Crippen LogP contribution is -2.32. The van der Waals surface area contributed by atoms with Crippen LogP contribution in [0.5, 0.6) is 0 Å². The molecule has 10 aromatic carbocycles. The molecule has 0 atom stereocenters. The van der Waals surface area contributed by atoms with Crippen molar-refractivity contribution in [2.75, 3.05) is 9.80 Å². The van der Waals surface area contributed by atoms with Crippen molar-refractivity contribution in [3.63, 3.8) is 0 Å². The fourth-order valence-electron chi connectivity index (χ4n) is 9.57. The van der Waals surface area contributed by atoms with Crippen LogP contribution in [-0.4, -0.2) is 0 Å². The van der Waals surface area contributed by atoms with E-state index in [1.165, 1.54) is 76.7 Å². The van der Waals surface area contributed by atoms with E-state index in [1.807, 2.05) is 0 Å². The summed E-state index contributed by atoms with van der Waals surface area (Å²) in [4.78, 5) is 5.01. The molecular weight excluding hydrogens is 689 g/mol. The van der Waals surface area contributed by atoms with Gasteiger partial charge in [0.05, 0.1) is 22.7 Å². The zero-order chi connectivity index (χ0) is 38.1. The standard InChI is InChI=1S/C55H40N2/c1-55(2)49-28-14-15-29-50(49)57(51-30-16-27-47(53(51)55)48-36-40-20-9-10-23-43(40)45-25-12-13-26-46(45)48)54-44-24-11-8-18-38(44)32-34-52(54)56(41-21-4-3-5-22-41)42-33-31-37-17-6-7-19-39(37)35-42/h3-36H,1-2H3. The first kappa shape index (κ1) is 33.2. The Morgan fingerprint density at radius 1 is 0.386 bits per heavy atom. The van der Waals surface area contributed by atoms with Crippen LogP contribution >= 0.6 is 0 Å². The smallest absolute Gasteiger partial charge is 0.0781 e. The van der Waals surface area contributed by atoms with Crippen molar-refractivity contribution in [3.8, 4) is 11.1 Å². The summed E-state index contributed by atoms with van der Waals surface area (Å²) in [6.07, 6.45) is 0. The van der Waals surface area contributed by atoms with Gasteiger partial charge in [0.15, 0.2) is 0 Å². The van der Waals surface area contributed by atoms with Crippen LogP contribution in [0.1, 0.15) is 25.0 Å². The van der Waals surface area contributed by atoms with Crippen LogP contribution in [0.4, 0.5) is 34.1 Å². The van der Waals surface area contributed by atoms with Crippen molar-refractivity contribution in [1.29, 1.82) is 0 Å².